The quantitative estimate of drug-likeness (QED) is 0.619. The summed E-state index contributed by atoms with van der Waals surface area (Å²) >= 11 is 2.05. The molecule has 128 valence electrons. The lowest BCUT2D eigenvalue weighted by Gasteiger charge is -2.34. The Kier molecular flexibility index (Phi) is 7.76. The van der Waals surface area contributed by atoms with Crippen molar-refractivity contribution < 1.29 is 5.11 Å². The molecule has 23 heavy (non-hydrogen) atoms. The van der Waals surface area contributed by atoms with E-state index in [0.717, 1.165) is 36.9 Å². The molecular weight excluding hydrogens is 306 g/mol. The molecule has 0 saturated carbocycles. The van der Waals surface area contributed by atoms with Crippen molar-refractivity contribution in [2.24, 2.45) is 4.99 Å². The highest BCUT2D eigenvalue weighted by Gasteiger charge is 2.21. The van der Waals surface area contributed by atoms with Gasteiger partial charge in [-0.15, -0.1) is 0 Å². The van der Waals surface area contributed by atoms with Gasteiger partial charge in [0, 0.05) is 37.1 Å². The zero-order valence-corrected chi connectivity index (χ0v) is 15.1. The van der Waals surface area contributed by atoms with Crippen LogP contribution in [0.3, 0.4) is 0 Å². The van der Waals surface area contributed by atoms with Crippen LogP contribution in [0.2, 0.25) is 0 Å². The minimum atomic E-state index is -0.438. The lowest BCUT2D eigenvalue weighted by Crippen LogP contribution is -2.48. The standard InChI is InChI=1S/C18H29N3OS/c1-3-17-14-21(10-11-23-17)18(19-4-2)20-13-16(22)12-15-8-6-5-7-9-15/h5-9,16-17,22H,3-4,10-14H2,1-2H3,(H,19,20). The van der Waals surface area contributed by atoms with Crippen molar-refractivity contribution in [2.75, 3.05) is 31.9 Å². The van der Waals surface area contributed by atoms with Gasteiger partial charge in [-0.05, 0) is 18.9 Å². The second-order valence-corrected chi connectivity index (χ2v) is 7.29. The smallest absolute Gasteiger partial charge is 0.194 e. The van der Waals surface area contributed by atoms with Crippen LogP contribution in [0.25, 0.3) is 0 Å². The molecule has 2 N–H and O–H groups in total. The zero-order valence-electron chi connectivity index (χ0n) is 14.2. The van der Waals surface area contributed by atoms with Gasteiger partial charge in [-0.3, -0.25) is 4.99 Å². The number of hydrogen-bond donors (Lipinski definition) is 2. The van der Waals surface area contributed by atoms with Crippen LogP contribution in [0, 0.1) is 0 Å². The fourth-order valence-electron chi connectivity index (χ4n) is 2.73. The van der Waals surface area contributed by atoms with Crippen LogP contribution in [0.5, 0.6) is 0 Å². The summed E-state index contributed by atoms with van der Waals surface area (Å²) in [6.07, 6.45) is 1.40. The van der Waals surface area contributed by atoms with Gasteiger partial charge in [0.2, 0.25) is 0 Å². The SMILES string of the molecule is CCNC(=NCC(O)Cc1ccccc1)N1CCSC(CC)C1. The van der Waals surface area contributed by atoms with E-state index in [9.17, 15) is 5.11 Å². The number of nitrogens with one attached hydrogen (secondary N) is 1. The highest BCUT2D eigenvalue weighted by molar-refractivity contribution is 8.00. The summed E-state index contributed by atoms with van der Waals surface area (Å²) in [5.41, 5.74) is 1.15. The summed E-state index contributed by atoms with van der Waals surface area (Å²) in [6.45, 7) is 7.70. The van der Waals surface area contributed by atoms with Crippen LogP contribution in [-0.2, 0) is 6.42 Å². The average molecular weight is 336 g/mol. The Hall–Kier alpha value is -1.20. The largest absolute Gasteiger partial charge is 0.391 e. The number of aliphatic hydroxyl groups excluding tert-OH is 1. The topological polar surface area (TPSA) is 47.9 Å². The van der Waals surface area contributed by atoms with Crippen molar-refractivity contribution in [2.45, 2.75) is 38.0 Å². The summed E-state index contributed by atoms with van der Waals surface area (Å²) in [6, 6.07) is 10.1. The third-order valence-corrected chi connectivity index (χ3v) is 5.37. The van der Waals surface area contributed by atoms with Crippen LogP contribution in [0.1, 0.15) is 25.8 Å². The number of hydrogen-bond acceptors (Lipinski definition) is 3. The maximum absolute atomic E-state index is 10.3. The van der Waals surface area contributed by atoms with Crippen LogP contribution < -0.4 is 5.32 Å². The lowest BCUT2D eigenvalue weighted by atomic mass is 10.1. The molecule has 1 heterocycles. The molecule has 1 saturated heterocycles. The van der Waals surface area contributed by atoms with Crippen molar-refractivity contribution in [3.05, 3.63) is 35.9 Å². The molecule has 0 bridgehead atoms. The van der Waals surface area contributed by atoms with E-state index in [2.05, 4.69) is 40.8 Å². The molecule has 2 unspecified atom stereocenters. The molecule has 4 nitrogen and oxygen atoms in total. The van der Waals surface area contributed by atoms with E-state index in [0.29, 0.717) is 18.2 Å². The number of aliphatic imine (C=N–C) groups is 1. The third kappa shape index (κ3) is 6.07. The zero-order chi connectivity index (χ0) is 16.5. The molecular formula is C18H29N3OS. The Bertz CT molecular complexity index is 480. The Balaban J connectivity index is 1.92. The average Bonchev–Trinajstić information content (AvgIpc) is 2.59. The van der Waals surface area contributed by atoms with E-state index >= 15 is 0 Å². The van der Waals surface area contributed by atoms with Crippen LogP contribution >= 0.6 is 11.8 Å². The Morgan fingerprint density at radius 1 is 1.39 bits per heavy atom. The summed E-state index contributed by atoms with van der Waals surface area (Å²) in [4.78, 5) is 7.01. The van der Waals surface area contributed by atoms with Gasteiger partial charge in [0.25, 0.3) is 0 Å². The van der Waals surface area contributed by atoms with Gasteiger partial charge < -0.3 is 15.3 Å². The molecule has 0 radical (unpaired) electrons. The summed E-state index contributed by atoms with van der Waals surface area (Å²) in [7, 11) is 0. The molecule has 0 aliphatic carbocycles. The molecule has 1 aromatic carbocycles. The van der Waals surface area contributed by atoms with Gasteiger partial charge in [-0.2, -0.15) is 11.8 Å². The van der Waals surface area contributed by atoms with Gasteiger partial charge in [0.1, 0.15) is 0 Å². The van der Waals surface area contributed by atoms with Crippen molar-refractivity contribution in [3.63, 3.8) is 0 Å². The van der Waals surface area contributed by atoms with Gasteiger partial charge in [-0.25, -0.2) is 0 Å². The number of benzene rings is 1. The number of rotatable bonds is 6. The predicted octanol–water partition coefficient (Wildman–Crippen LogP) is 2.38. The van der Waals surface area contributed by atoms with Crippen LogP contribution in [-0.4, -0.2) is 59.3 Å². The second kappa shape index (κ2) is 9.83. The van der Waals surface area contributed by atoms with Crippen molar-refractivity contribution in [1.82, 2.24) is 10.2 Å². The molecule has 2 atom stereocenters. The highest BCUT2D eigenvalue weighted by Crippen LogP contribution is 2.21. The molecule has 1 aromatic rings. The Morgan fingerprint density at radius 3 is 2.87 bits per heavy atom. The monoisotopic (exact) mass is 335 g/mol. The molecule has 1 aliphatic rings. The number of thioether (sulfide) groups is 1. The number of aliphatic hydroxyl groups is 1. The van der Waals surface area contributed by atoms with Gasteiger partial charge >= 0.3 is 0 Å². The third-order valence-electron chi connectivity index (χ3n) is 3.99. The lowest BCUT2D eigenvalue weighted by molar-refractivity contribution is 0.183. The summed E-state index contributed by atoms with van der Waals surface area (Å²) in [5.74, 6) is 2.09. The molecule has 0 amide bonds. The number of nitrogens with zero attached hydrogens (tertiary/aromatic N) is 2. The van der Waals surface area contributed by atoms with Crippen LogP contribution in [0.15, 0.2) is 35.3 Å². The Morgan fingerprint density at radius 2 is 2.17 bits per heavy atom. The molecule has 5 heteroatoms. The minimum absolute atomic E-state index is 0.438. The van der Waals surface area contributed by atoms with E-state index in [1.165, 1.54) is 6.42 Å². The van der Waals surface area contributed by atoms with Gasteiger partial charge in [-0.1, -0.05) is 37.3 Å². The first kappa shape index (κ1) is 18.1. The van der Waals surface area contributed by atoms with E-state index in [-0.39, 0.29) is 0 Å². The van der Waals surface area contributed by atoms with Gasteiger partial charge in [0.05, 0.1) is 12.6 Å². The Labute approximate surface area is 144 Å². The molecule has 0 aromatic heterocycles. The maximum Gasteiger partial charge on any atom is 0.194 e. The molecule has 1 aliphatic heterocycles. The number of guanidine groups is 1. The summed E-state index contributed by atoms with van der Waals surface area (Å²) in [5, 5.41) is 14.3. The fourth-order valence-corrected chi connectivity index (χ4v) is 3.91. The second-order valence-electron chi connectivity index (χ2n) is 5.89. The first-order valence-corrected chi connectivity index (χ1v) is 9.64. The molecule has 2 rings (SSSR count). The highest BCUT2D eigenvalue weighted by atomic mass is 32.2. The summed E-state index contributed by atoms with van der Waals surface area (Å²) < 4.78 is 0. The first-order valence-electron chi connectivity index (χ1n) is 8.59. The normalized spacial score (nSPS) is 20.4. The molecule has 1 fully saturated rings. The van der Waals surface area contributed by atoms with E-state index in [1.807, 2.05) is 30.3 Å². The fraction of sp³-hybridized carbons (Fsp3) is 0.611. The van der Waals surface area contributed by atoms with Crippen molar-refractivity contribution in [3.8, 4) is 0 Å². The van der Waals surface area contributed by atoms with E-state index in [1.54, 1.807) is 0 Å². The minimum Gasteiger partial charge on any atom is -0.391 e. The van der Waals surface area contributed by atoms with Crippen molar-refractivity contribution >= 4 is 17.7 Å². The predicted molar refractivity (Wildman–Crippen MR) is 100 cm³/mol. The first-order chi connectivity index (χ1) is 11.2. The molecule has 0 spiro atoms. The van der Waals surface area contributed by atoms with Gasteiger partial charge in [0.15, 0.2) is 5.96 Å². The maximum atomic E-state index is 10.3. The van der Waals surface area contributed by atoms with Crippen molar-refractivity contribution in [1.29, 1.82) is 0 Å². The van der Waals surface area contributed by atoms with E-state index in [4.69, 9.17) is 0 Å². The van der Waals surface area contributed by atoms with E-state index < -0.39 is 6.10 Å². The van der Waals surface area contributed by atoms with Crippen LogP contribution in [0.4, 0.5) is 0 Å².